The van der Waals surface area contributed by atoms with E-state index in [1.54, 1.807) is 18.2 Å². The Morgan fingerprint density at radius 1 is 1.08 bits per heavy atom. The van der Waals surface area contributed by atoms with Gasteiger partial charge in [-0.25, -0.2) is 31.3 Å². The normalized spacial score (nSPS) is 15.9. The van der Waals surface area contributed by atoms with E-state index in [1.807, 2.05) is 12.1 Å². The van der Waals surface area contributed by atoms with E-state index in [-0.39, 0.29) is 33.9 Å². The molecule has 1 saturated heterocycles. The van der Waals surface area contributed by atoms with Crippen LogP contribution in [0.3, 0.4) is 0 Å². The monoisotopic (exact) mass is 536 g/mol. The molecular formula is C22H25FN6O5S2. The van der Waals surface area contributed by atoms with Crippen molar-refractivity contribution in [2.45, 2.75) is 11.4 Å². The second-order valence-electron chi connectivity index (χ2n) is 8.18. The van der Waals surface area contributed by atoms with Gasteiger partial charge in [-0.15, -0.1) is 0 Å². The second kappa shape index (κ2) is 10.3. The molecular weight excluding hydrogens is 511 g/mol. The van der Waals surface area contributed by atoms with Crippen molar-refractivity contribution >= 4 is 43.0 Å². The van der Waals surface area contributed by atoms with Crippen LogP contribution in [0.5, 0.6) is 5.75 Å². The van der Waals surface area contributed by atoms with Crippen LogP contribution in [0.1, 0.15) is 5.56 Å². The van der Waals surface area contributed by atoms with Gasteiger partial charge in [0.25, 0.3) is 0 Å². The molecule has 192 valence electrons. The fraction of sp³-hybridized carbons (Fsp3) is 0.273. The summed E-state index contributed by atoms with van der Waals surface area (Å²) < 4.78 is 66.3. The van der Waals surface area contributed by atoms with Crippen LogP contribution in [0.2, 0.25) is 0 Å². The number of hydrogen-bond acceptors (Lipinski definition) is 10. The molecule has 1 aromatic heterocycles. The lowest BCUT2D eigenvalue weighted by Gasteiger charge is -2.26. The largest absolute Gasteiger partial charge is 0.495 e. The minimum absolute atomic E-state index is 0.0288. The van der Waals surface area contributed by atoms with Gasteiger partial charge in [-0.1, -0.05) is 12.1 Å². The molecule has 0 radical (unpaired) electrons. The Hall–Kier alpha value is -3.33. The van der Waals surface area contributed by atoms with Gasteiger partial charge in [0.2, 0.25) is 16.0 Å². The summed E-state index contributed by atoms with van der Waals surface area (Å²) in [5, 5.41) is 11.0. The number of nitrogens with zero attached hydrogens (tertiary/aromatic N) is 3. The van der Waals surface area contributed by atoms with E-state index in [4.69, 9.17) is 9.88 Å². The highest BCUT2D eigenvalue weighted by Gasteiger charge is 2.21. The average Bonchev–Trinajstić information content (AvgIpc) is 2.83. The molecule has 4 N–H and O–H groups in total. The minimum atomic E-state index is -4.04. The van der Waals surface area contributed by atoms with Crippen LogP contribution in [0, 0.1) is 5.82 Å². The van der Waals surface area contributed by atoms with Gasteiger partial charge in [-0.3, -0.25) is 4.90 Å². The Labute approximate surface area is 208 Å². The smallest absolute Gasteiger partial charge is 0.241 e. The first-order valence-electron chi connectivity index (χ1n) is 10.8. The molecule has 3 aromatic rings. The molecule has 0 amide bonds. The van der Waals surface area contributed by atoms with E-state index < -0.39 is 25.7 Å². The zero-order valence-corrected chi connectivity index (χ0v) is 20.9. The number of aromatic nitrogens is 2. The predicted octanol–water partition coefficient (Wildman–Crippen LogP) is 1.99. The van der Waals surface area contributed by atoms with Crippen molar-refractivity contribution in [3.63, 3.8) is 0 Å². The molecule has 0 saturated carbocycles. The summed E-state index contributed by atoms with van der Waals surface area (Å²) in [6.07, 6.45) is 0.987. The van der Waals surface area contributed by atoms with Gasteiger partial charge in [0.1, 0.15) is 10.6 Å². The first kappa shape index (κ1) is 25.8. The lowest BCUT2D eigenvalue weighted by Crippen LogP contribution is -2.39. The third-order valence-corrected chi connectivity index (χ3v) is 8.07. The van der Waals surface area contributed by atoms with E-state index in [1.165, 1.54) is 19.2 Å². The molecule has 0 unspecified atom stereocenters. The van der Waals surface area contributed by atoms with Crippen molar-refractivity contribution < 1.29 is 26.0 Å². The van der Waals surface area contributed by atoms with E-state index in [0.717, 1.165) is 11.8 Å². The van der Waals surface area contributed by atoms with Crippen LogP contribution in [0.25, 0.3) is 0 Å². The van der Waals surface area contributed by atoms with E-state index >= 15 is 0 Å². The van der Waals surface area contributed by atoms with Crippen LogP contribution in [0.4, 0.5) is 27.5 Å². The molecule has 11 nitrogen and oxygen atoms in total. The third-order valence-electron chi connectivity index (χ3n) is 5.53. The number of sulfone groups is 1. The number of methoxy groups -OCH3 is 1. The molecule has 14 heteroatoms. The summed E-state index contributed by atoms with van der Waals surface area (Å²) in [5.74, 6) is -0.327. The maximum absolute atomic E-state index is 14.4. The predicted molar refractivity (Wildman–Crippen MR) is 133 cm³/mol. The summed E-state index contributed by atoms with van der Waals surface area (Å²) in [6, 6.07) is 11.5. The Morgan fingerprint density at radius 3 is 2.39 bits per heavy atom. The topological polar surface area (TPSA) is 157 Å². The molecule has 1 aliphatic rings. The lowest BCUT2D eigenvalue weighted by molar-refractivity contribution is 0.287. The number of ether oxygens (including phenoxy) is 1. The van der Waals surface area contributed by atoms with Gasteiger partial charge >= 0.3 is 0 Å². The van der Waals surface area contributed by atoms with Gasteiger partial charge in [0.05, 0.1) is 24.8 Å². The van der Waals surface area contributed by atoms with Gasteiger partial charge in [-0.2, -0.15) is 4.98 Å². The van der Waals surface area contributed by atoms with Crippen molar-refractivity contribution in [2.75, 3.05) is 42.3 Å². The van der Waals surface area contributed by atoms with Crippen molar-refractivity contribution in [1.82, 2.24) is 14.9 Å². The summed E-state index contributed by atoms with van der Waals surface area (Å²) in [5.41, 5.74) is 1.90. The van der Waals surface area contributed by atoms with Gasteiger partial charge < -0.3 is 15.4 Å². The van der Waals surface area contributed by atoms with Crippen LogP contribution in [0.15, 0.2) is 53.6 Å². The number of nitrogens with two attached hydrogens (primary N) is 1. The number of rotatable bonds is 8. The molecule has 4 rings (SSSR count). The van der Waals surface area contributed by atoms with Crippen molar-refractivity contribution in [3.05, 3.63) is 60.0 Å². The van der Waals surface area contributed by atoms with Crippen LogP contribution in [-0.4, -0.2) is 63.4 Å². The zero-order valence-electron chi connectivity index (χ0n) is 19.3. The lowest BCUT2D eigenvalue weighted by atomic mass is 10.2. The number of halogens is 1. The van der Waals surface area contributed by atoms with Crippen LogP contribution >= 0.6 is 0 Å². The first-order valence-corrected chi connectivity index (χ1v) is 14.2. The molecule has 0 atom stereocenters. The standard InChI is InChI=1S/C22H25FN6O5S2/c1-34-19-7-6-17(12-20(19)36(24,32)33)27-22-25-13-18(23)21(28-22)26-16-4-2-15(3-5-16)14-29-8-10-35(30,31)11-9-29/h2-7,12-13H,8-11,14H2,1H3,(H2,24,32,33)(H2,25,26,27,28). The van der Waals surface area contributed by atoms with Crippen molar-refractivity contribution in [3.8, 4) is 5.75 Å². The summed E-state index contributed by atoms with van der Waals surface area (Å²) in [7, 11) is -5.65. The Kier molecular flexibility index (Phi) is 7.40. The maximum Gasteiger partial charge on any atom is 0.241 e. The molecule has 0 aliphatic carbocycles. The Bertz CT molecular complexity index is 1450. The number of benzene rings is 2. The van der Waals surface area contributed by atoms with E-state index in [0.29, 0.717) is 31.0 Å². The van der Waals surface area contributed by atoms with Crippen LogP contribution in [-0.2, 0) is 26.4 Å². The summed E-state index contributed by atoms with van der Waals surface area (Å²) in [6.45, 7) is 1.61. The van der Waals surface area contributed by atoms with Gasteiger partial charge in [-0.05, 0) is 35.9 Å². The first-order chi connectivity index (χ1) is 17.0. The molecule has 1 fully saturated rings. The summed E-state index contributed by atoms with van der Waals surface area (Å²) >= 11 is 0. The molecule has 36 heavy (non-hydrogen) atoms. The number of anilines is 4. The summed E-state index contributed by atoms with van der Waals surface area (Å²) in [4.78, 5) is 9.90. The van der Waals surface area contributed by atoms with E-state index in [9.17, 15) is 21.2 Å². The van der Waals surface area contributed by atoms with Gasteiger partial charge in [0, 0.05) is 31.0 Å². The molecule has 0 bridgehead atoms. The fourth-order valence-corrected chi connectivity index (χ4v) is 5.62. The van der Waals surface area contributed by atoms with Gasteiger partial charge in [0.15, 0.2) is 21.5 Å². The number of nitrogens with one attached hydrogen (secondary N) is 2. The number of sulfonamides is 1. The molecule has 2 aromatic carbocycles. The zero-order chi connectivity index (χ0) is 25.9. The Balaban J connectivity index is 1.45. The highest BCUT2D eigenvalue weighted by atomic mass is 32.2. The second-order valence-corrected chi connectivity index (χ2v) is 12.0. The molecule has 1 aliphatic heterocycles. The molecule has 0 spiro atoms. The fourth-order valence-electron chi connectivity index (χ4n) is 3.62. The maximum atomic E-state index is 14.4. The van der Waals surface area contributed by atoms with Crippen molar-refractivity contribution in [2.24, 2.45) is 5.14 Å². The highest BCUT2D eigenvalue weighted by Crippen LogP contribution is 2.28. The Morgan fingerprint density at radius 2 is 1.75 bits per heavy atom. The SMILES string of the molecule is COc1ccc(Nc2ncc(F)c(Nc3ccc(CN4CCS(=O)(=O)CC4)cc3)n2)cc1S(N)(=O)=O. The minimum Gasteiger partial charge on any atom is -0.495 e. The van der Waals surface area contributed by atoms with Crippen LogP contribution < -0.4 is 20.5 Å². The number of primary sulfonamides is 1. The van der Waals surface area contributed by atoms with Crippen molar-refractivity contribution in [1.29, 1.82) is 0 Å². The van der Waals surface area contributed by atoms with E-state index in [2.05, 4.69) is 25.5 Å². The number of hydrogen-bond donors (Lipinski definition) is 3. The average molecular weight is 537 g/mol. The molecule has 2 heterocycles. The highest BCUT2D eigenvalue weighted by molar-refractivity contribution is 7.91. The third kappa shape index (κ3) is 6.46. The quantitative estimate of drug-likeness (QED) is 0.389.